The second kappa shape index (κ2) is 7.51. The van der Waals surface area contributed by atoms with Crippen LogP contribution < -0.4 is 11.1 Å². The van der Waals surface area contributed by atoms with Gasteiger partial charge in [-0.05, 0) is 26.2 Å². The third kappa shape index (κ3) is 5.62. The van der Waals surface area contributed by atoms with Crippen molar-refractivity contribution in [3.63, 3.8) is 0 Å². The molecule has 0 saturated heterocycles. The van der Waals surface area contributed by atoms with Crippen LogP contribution in [0.1, 0.15) is 34.1 Å². The summed E-state index contributed by atoms with van der Waals surface area (Å²) in [4.78, 5) is 13.5. The van der Waals surface area contributed by atoms with E-state index in [0.29, 0.717) is 12.5 Å². The minimum Gasteiger partial charge on any atom is -0.334 e. The first kappa shape index (κ1) is 14.2. The normalized spacial score (nSPS) is 12.7. The van der Waals surface area contributed by atoms with Crippen molar-refractivity contribution in [1.82, 2.24) is 10.2 Å². The monoisotopic (exact) mass is 215 g/mol. The maximum Gasteiger partial charge on any atom is 0.317 e. The van der Waals surface area contributed by atoms with Gasteiger partial charge in [0.05, 0.1) is 0 Å². The summed E-state index contributed by atoms with van der Waals surface area (Å²) in [5.41, 5.74) is 5.62. The highest BCUT2D eigenvalue weighted by Crippen LogP contribution is 2.04. The van der Waals surface area contributed by atoms with E-state index in [0.717, 1.165) is 19.5 Å². The average Bonchev–Trinajstić information content (AvgIpc) is 2.17. The van der Waals surface area contributed by atoms with Crippen LogP contribution >= 0.6 is 0 Å². The first-order chi connectivity index (χ1) is 7.04. The van der Waals surface area contributed by atoms with Crippen LogP contribution in [0.25, 0.3) is 0 Å². The van der Waals surface area contributed by atoms with E-state index in [1.54, 1.807) is 4.90 Å². The molecule has 0 bridgehead atoms. The van der Waals surface area contributed by atoms with Gasteiger partial charge < -0.3 is 16.0 Å². The highest BCUT2D eigenvalue weighted by molar-refractivity contribution is 5.74. The third-order valence-corrected chi connectivity index (χ3v) is 2.42. The molecule has 0 aliphatic rings. The Morgan fingerprint density at radius 2 is 1.87 bits per heavy atom. The van der Waals surface area contributed by atoms with E-state index in [1.165, 1.54) is 0 Å². The first-order valence-electron chi connectivity index (χ1n) is 5.80. The van der Waals surface area contributed by atoms with Crippen molar-refractivity contribution < 1.29 is 4.79 Å². The lowest BCUT2D eigenvalue weighted by Gasteiger charge is -2.24. The Hall–Kier alpha value is -0.770. The number of hydrogen-bond donors (Lipinski definition) is 2. The summed E-state index contributed by atoms with van der Waals surface area (Å²) in [7, 11) is 0. The second-order valence-electron chi connectivity index (χ2n) is 4.18. The van der Waals surface area contributed by atoms with Crippen molar-refractivity contribution >= 4 is 6.03 Å². The van der Waals surface area contributed by atoms with E-state index in [1.807, 2.05) is 13.8 Å². The topological polar surface area (TPSA) is 58.4 Å². The van der Waals surface area contributed by atoms with Gasteiger partial charge in [-0.1, -0.05) is 13.8 Å². The van der Waals surface area contributed by atoms with Crippen molar-refractivity contribution in [3.05, 3.63) is 0 Å². The van der Waals surface area contributed by atoms with Gasteiger partial charge in [0.1, 0.15) is 0 Å². The predicted molar refractivity (Wildman–Crippen MR) is 63.8 cm³/mol. The molecule has 0 aliphatic heterocycles. The summed E-state index contributed by atoms with van der Waals surface area (Å²) in [6.45, 7) is 10.2. The summed E-state index contributed by atoms with van der Waals surface area (Å²) in [5, 5.41) is 2.96. The molecular weight excluding hydrogens is 190 g/mol. The molecule has 0 rings (SSSR count). The molecule has 90 valence electrons. The van der Waals surface area contributed by atoms with E-state index in [4.69, 9.17) is 5.73 Å². The molecule has 4 nitrogen and oxygen atoms in total. The molecule has 3 N–H and O–H groups in total. The summed E-state index contributed by atoms with van der Waals surface area (Å²) >= 11 is 0. The fourth-order valence-electron chi connectivity index (χ4n) is 1.56. The number of nitrogens with one attached hydrogen (secondary N) is 1. The van der Waals surface area contributed by atoms with Crippen molar-refractivity contribution in [2.45, 2.75) is 40.2 Å². The van der Waals surface area contributed by atoms with Crippen LogP contribution in [-0.2, 0) is 0 Å². The van der Waals surface area contributed by atoms with Gasteiger partial charge >= 0.3 is 6.03 Å². The number of nitrogens with two attached hydrogens (primary N) is 1. The van der Waals surface area contributed by atoms with Crippen molar-refractivity contribution in [2.75, 3.05) is 19.6 Å². The quantitative estimate of drug-likeness (QED) is 0.704. The van der Waals surface area contributed by atoms with Gasteiger partial charge in [-0.15, -0.1) is 0 Å². The molecule has 0 radical (unpaired) electrons. The Labute approximate surface area is 93.2 Å². The number of carbonyl (C=O) groups is 1. The Balaban J connectivity index is 4.10. The molecule has 0 fully saturated rings. The molecule has 0 heterocycles. The van der Waals surface area contributed by atoms with Crippen LogP contribution in [0.15, 0.2) is 0 Å². The Bertz CT molecular complexity index is 179. The van der Waals surface area contributed by atoms with Gasteiger partial charge in [0.25, 0.3) is 0 Å². The van der Waals surface area contributed by atoms with Crippen LogP contribution in [0.4, 0.5) is 4.79 Å². The zero-order valence-electron chi connectivity index (χ0n) is 10.4. The van der Waals surface area contributed by atoms with Gasteiger partial charge in [0, 0.05) is 25.7 Å². The molecule has 15 heavy (non-hydrogen) atoms. The van der Waals surface area contributed by atoms with Gasteiger partial charge in [-0.2, -0.15) is 0 Å². The van der Waals surface area contributed by atoms with E-state index in [2.05, 4.69) is 19.2 Å². The average molecular weight is 215 g/mol. The molecule has 0 aliphatic carbocycles. The molecule has 0 unspecified atom stereocenters. The van der Waals surface area contributed by atoms with Crippen molar-refractivity contribution in [2.24, 2.45) is 11.7 Å². The third-order valence-electron chi connectivity index (χ3n) is 2.42. The van der Waals surface area contributed by atoms with E-state index >= 15 is 0 Å². The summed E-state index contributed by atoms with van der Waals surface area (Å²) in [5.74, 6) is 0.551. The van der Waals surface area contributed by atoms with Crippen LogP contribution in [0, 0.1) is 5.92 Å². The van der Waals surface area contributed by atoms with Crippen LogP contribution in [0.5, 0.6) is 0 Å². The fraction of sp³-hybridized carbons (Fsp3) is 0.909. The summed E-state index contributed by atoms with van der Waals surface area (Å²) in [6.07, 6.45) is 0.934. The summed E-state index contributed by atoms with van der Waals surface area (Å²) in [6, 6.07) is 0.0919. The van der Waals surface area contributed by atoms with E-state index in [9.17, 15) is 4.79 Å². The standard InChI is InChI=1S/C11H25N3O/c1-5-14(6-2)11(15)13-10(8-12)7-9(3)4/h9-10H,5-8,12H2,1-4H3,(H,13,15)/t10-/m1/s1. The van der Waals surface area contributed by atoms with E-state index < -0.39 is 0 Å². The smallest absolute Gasteiger partial charge is 0.317 e. The predicted octanol–water partition coefficient (Wildman–Crippen LogP) is 1.41. The van der Waals surface area contributed by atoms with Crippen LogP contribution in [0.2, 0.25) is 0 Å². The van der Waals surface area contributed by atoms with Crippen LogP contribution in [-0.4, -0.2) is 36.6 Å². The maximum absolute atomic E-state index is 11.7. The highest BCUT2D eigenvalue weighted by atomic mass is 16.2. The highest BCUT2D eigenvalue weighted by Gasteiger charge is 2.15. The lowest BCUT2D eigenvalue weighted by molar-refractivity contribution is 0.197. The van der Waals surface area contributed by atoms with Crippen molar-refractivity contribution in [3.8, 4) is 0 Å². The van der Waals surface area contributed by atoms with Gasteiger partial charge in [0.15, 0.2) is 0 Å². The van der Waals surface area contributed by atoms with Gasteiger partial charge in [-0.25, -0.2) is 4.79 Å². The second-order valence-corrected chi connectivity index (χ2v) is 4.18. The zero-order chi connectivity index (χ0) is 11.8. The minimum atomic E-state index is -0.00361. The molecule has 2 amide bonds. The molecule has 0 spiro atoms. The Morgan fingerprint density at radius 1 is 1.33 bits per heavy atom. The molecule has 0 aromatic rings. The number of carbonyl (C=O) groups excluding carboxylic acids is 1. The number of hydrogen-bond acceptors (Lipinski definition) is 2. The van der Waals surface area contributed by atoms with Gasteiger partial charge in [0.2, 0.25) is 0 Å². The molecular formula is C11H25N3O. The molecule has 0 saturated carbocycles. The Kier molecular flexibility index (Phi) is 7.13. The largest absolute Gasteiger partial charge is 0.334 e. The molecule has 4 heteroatoms. The zero-order valence-corrected chi connectivity index (χ0v) is 10.4. The van der Waals surface area contributed by atoms with Crippen LogP contribution in [0.3, 0.4) is 0 Å². The number of nitrogens with zero attached hydrogens (tertiary/aromatic N) is 1. The lowest BCUT2D eigenvalue weighted by Crippen LogP contribution is -2.47. The van der Waals surface area contributed by atoms with Crippen molar-refractivity contribution in [1.29, 1.82) is 0 Å². The maximum atomic E-state index is 11.7. The fourth-order valence-corrected chi connectivity index (χ4v) is 1.56. The molecule has 0 aromatic heterocycles. The number of amides is 2. The minimum absolute atomic E-state index is 0.00361. The first-order valence-corrected chi connectivity index (χ1v) is 5.80. The van der Waals surface area contributed by atoms with E-state index in [-0.39, 0.29) is 12.1 Å². The Morgan fingerprint density at radius 3 is 2.20 bits per heavy atom. The molecule has 1 atom stereocenters. The number of rotatable bonds is 6. The summed E-state index contributed by atoms with van der Waals surface area (Å²) < 4.78 is 0. The SMILES string of the molecule is CCN(CC)C(=O)N[C@@H](CN)CC(C)C. The lowest BCUT2D eigenvalue weighted by atomic mass is 10.0. The molecule has 0 aromatic carbocycles. The van der Waals surface area contributed by atoms with Gasteiger partial charge in [-0.3, -0.25) is 0 Å². The number of urea groups is 1.